The molecule has 3 nitrogen and oxygen atoms in total. The standard InChI is InChI=1S/C16H22ClNO2/c1-12(2)16(5-4-7-17)20-15-10-13(6-8-18)9-14(11-15)19-3/h9-12,16H,4-7H2,1-3H3. The molecule has 0 aliphatic heterocycles. The van der Waals surface area contributed by atoms with Gasteiger partial charge in [0.15, 0.2) is 0 Å². The van der Waals surface area contributed by atoms with Crippen molar-refractivity contribution in [3.8, 4) is 17.6 Å². The molecule has 0 aromatic heterocycles. The zero-order valence-electron chi connectivity index (χ0n) is 12.4. The zero-order valence-corrected chi connectivity index (χ0v) is 13.1. The first kappa shape index (κ1) is 16.7. The van der Waals surface area contributed by atoms with E-state index >= 15 is 0 Å². The average molecular weight is 296 g/mol. The number of nitrogens with zero attached hydrogens (tertiary/aromatic N) is 1. The smallest absolute Gasteiger partial charge is 0.123 e. The van der Waals surface area contributed by atoms with Crippen LogP contribution in [0, 0.1) is 17.2 Å². The Balaban J connectivity index is 2.87. The van der Waals surface area contributed by atoms with E-state index in [-0.39, 0.29) is 6.10 Å². The van der Waals surface area contributed by atoms with Crippen molar-refractivity contribution < 1.29 is 9.47 Å². The van der Waals surface area contributed by atoms with Crippen LogP contribution >= 0.6 is 11.6 Å². The highest BCUT2D eigenvalue weighted by Gasteiger charge is 2.15. The van der Waals surface area contributed by atoms with Gasteiger partial charge in [-0.3, -0.25) is 0 Å². The molecule has 1 aromatic rings. The number of hydrogen-bond acceptors (Lipinski definition) is 3. The number of methoxy groups -OCH3 is 1. The maximum absolute atomic E-state index is 8.81. The minimum absolute atomic E-state index is 0.121. The summed E-state index contributed by atoms with van der Waals surface area (Å²) in [7, 11) is 1.61. The van der Waals surface area contributed by atoms with Gasteiger partial charge in [-0.25, -0.2) is 0 Å². The van der Waals surface area contributed by atoms with Crippen molar-refractivity contribution in [2.75, 3.05) is 13.0 Å². The van der Waals surface area contributed by atoms with Crippen molar-refractivity contribution in [2.45, 2.75) is 39.2 Å². The highest BCUT2D eigenvalue weighted by Crippen LogP contribution is 2.26. The van der Waals surface area contributed by atoms with Crippen molar-refractivity contribution in [1.82, 2.24) is 0 Å². The topological polar surface area (TPSA) is 42.2 Å². The van der Waals surface area contributed by atoms with Gasteiger partial charge in [0, 0.05) is 11.9 Å². The molecular weight excluding hydrogens is 274 g/mol. The number of alkyl halides is 1. The lowest BCUT2D eigenvalue weighted by Gasteiger charge is -2.23. The molecule has 0 heterocycles. The third-order valence-corrected chi connectivity index (χ3v) is 3.38. The molecule has 0 aliphatic carbocycles. The van der Waals surface area contributed by atoms with Gasteiger partial charge in [0.05, 0.1) is 19.6 Å². The van der Waals surface area contributed by atoms with E-state index in [2.05, 4.69) is 19.9 Å². The van der Waals surface area contributed by atoms with Crippen molar-refractivity contribution >= 4 is 11.6 Å². The largest absolute Gasteiger partial charge is 0.497 e. The lowest BCUT2D eigenvalue weighted by Crippen LogP contribution is -2.23. The van der Waals surface area contributed by atoms with Gasteiger partial charge in [0.2, 0.25) is 0 Å². The van der Waals surface area contributed by atoms with E-state index in [4.69, 9.17) is 26.3 Å². The minimum atomic E-state index is 0.121. The van der Waals surface area contributed by atoms with E-state index in [0.29, 0.717) is 24.0 Å². The molecule has 1 unspecified atom stereocenters. The first-order valence-corrected chi connectivity index (χ1v) is 7.41. The lowest BCUT2D eigenvalue weighted by atomic mass is 10.0. The molecule has 0 radical (unpaired) electrons. The number of hydrogen-bond donors (Lipinski definition) is 0. The Hall–Kier alpha value is -1.40. The van der Waals surface area contributed by atoms with E-state index < -0.39 is 0 Å². The second kappa shape index (κ2) is 8.71. The third kappa shape index (κ3) is 5.30. The summed E-state index contributed by atoms with van der Waals surface area (Å²) in [4.78, 5) is 0. The molecule has 0 saturated carbocycles. The van der Waals surface area contributed by atoms with Crippen molar-refractivity contribution in [3.05, 3.63) is 23.8 Å². The summed E-state index contributed by atoms with van der Waals surface area (Å²) in [6.45, 7) is 4.27. The Bertz CT molecular complexity index is 454. The van der Waals surface area contributed by atoms with E-state index in [1.54, 1.807) is 7.11 Å². The molecule has 1 atom stereocenters. The van der Waals surface area contributed by atoms with E-state index in [9.17, 15) is 0 Å². The molecule has 0 aliphatic rings. The number of rotatable bonds is 8. The predicted octanol–water partition coefficient (Wildman–Crippen LogP) is 4.18. The molecule has 0 fully saturated rings. The maximum Gasteiger partial charge on any atom is 0.123 e. The summed E-state index contributed by atoms with van der Waals surface area (Å²) in [6.07, 6.45) is 2.32. The third-order valence-electron chi connectivity index (χ3n) is 3.11. The van der Waals surface area contributed by atoms with Crippen LogP contribution in [-0.2, 0) is 6.42 Å². The van der Waals surface area contributed by atoms with Gasteiger partial charge in [-0.05, 0) is 36.5 Å². The van der Waals surface area contributed by atoms with E-state index in [1.165, 1.54) is 0 Å². The van der Waals surface area contributed by atoms with E-state index in [1.807, 2.05) is 18.2 Å². The van der Waals surface area contributed by atoms with Gasteiger partial charge in [-0.1, -0.05) is 13.8 Å². The Morgan fingerprint density at radius 1 is 1.25 bits per heavy atom. The van der Waals surface area contributed by atoms with Crippen molar-refractivity contribution in [1.29, 1.82) is 5.26 Å². The highest BCUT2D eigenvalue weighted by atomic mass is 35.5. The summed E-state index contributed by atoms with van der Waals surface area (Å²) in [5, 5.41) is 8.81. The molecule has 0 N–H and O–H groups in total. The monoisotopic (exact) mass is 295 g/mol. The van der Waals surface area contributed by atoms with Gasteiger partial charge in [-0.15, -0.1) is 11.6 Å². The maximum atomic E-state index is 8.81. The summed E-state index contributed by atoms with van der Waals surface area (Å²) >= 11 is 5.76. The highest BCUT2D eigenvalue weighted by molar-refractivity contribution is 6.17. The molecule has 20 heavy (non-hydrogen) atoms. The quantitative estimate of drug-likeness (QED) is 0.676. The predicted molar refractivity (Wildman–Crippen MR) is 81.5 cm³/mol. The molecule has 0 saturated heterocycles. The Morgan fingerprint density at radius 2 is 1.95 bits per heavy atom. The fourth-order valence-electron chi connectivity index (χ4n) is 1.99. The van der Waals surface area contributed by atoms with E-state index in [0.717, 1.165) is 24.2 Å². The summed E-state index contributed by atoms with van der Waals surface area (Å²) in [6, 6.07) is 7.77. The van der Waals surface area contributed by atoms with Crippen LogP contribution in [0.15, 0.2) is 18.2 Å². The Morgan fingerprint density at radius 3 is 2.50 bits per heavy atom. The van der Waals surface area contributed by atoms with Crippen LogP contribution in [-0.4, -0.2) is 19.1 Å². The first-order chi connectivity index (χ1) is 9.60. The molecule has 110 valence electrons. The zero-order chi connectivity index (χ0) is 15.0. The normalized spacial score (nSPS) is 12.0. The van der Waals surface area contributed by atoms with Gasteiger partial charge in [0.1, 0.15) is 17.6 Å². The Labute approximate surface area is 126 Å². The molecule has 0 bridgehead atoms. The molecular formula is C16H22ClNO2. The number of ether oxygens (including phenoxy) is 2. The summed E-state index contributed by atoms with van der Waals surface area (Å²) < 4.78 is 11.3. The molecule has 0 amide bonds. The summed E-state index contributed by atoms with van der Waals surface area (Å²) in [5.74, 6) is 2.52. The second-order valence-corrected chi connectivity index (χ2v) is 5.46. The number of nitriles is 1. The fourth-order valence-corrected chi connectivity index (χ4v) is 2.15. The molecule has 4 heteroatoms. The van der Waals surface area contributed by atoms with Crippen molar-refractivity contribution in [2.24, 2.45) is 5.92 Å². The Kier molecular flexibility index (Phi) is 7.25. The fraction of sp³-hybridized carbons (Fsp3) is 0.562. The van der Waals surface area contributed by atoms with Crippen molar-refractivity contribution in [3.63, 3.8) is 0 Å². The van der Waals surface area contributed by atoms with Crippen LogP contribution in [0.25, 0.3) is 0 Å². The first-order valence-electron chi connectivity index (χ1n) is 6.88. The molecule has 1 rings (SSSR count). The van der Waals surface area contributed by atoms with Crippen LogP contribution in [0.4, 0.5) is 0 Å². The van der Waals surface area contributed by atoms with Crippen LogP contribution in [0.3, 0.4) is 0 Å². The SMILES string of the molecule is COc1cc(CC#N)cc(OC(CCCCl)C(C)C)c1. The van der Waals surface area contributed by atoms with Gasteiger partial charge in [-0.2, -0.15) is 5.26 Å². The molecule has 0 spiro atoms. The number of benzene rings is 1. The van der Waals surface area contributed by atoms with Crippen LogP contribution in [0.5, 0.6) is 11.5 Å². The van der Waals surface area contributed by atoms with Crippen LogP contribution in [0.1, 0.15) is 32.3 Å². The summed E-state index contributed by atoms with van der Waals surface area (Å²) in [5.41, 5.74) is 0.904. The van der Waals surface area contributed by atoms with Gasteiger partial charge < -0.3 is 9.47 Å². The molecule has 1 aromatic carbocycles. The minimum Gasteiger partial charge on any atom is -0.497 e. The average Bonchev–Trinajstić information content (AvgIpc) is 2.43. The number of halogens is 1. The van der Waals surface area contributed by atoms with Crippen LogP contribution in [0.2, 0.25) is 0 Å². The van der Waals surface area contributed by atoms with Gasteiger partial charge in [0.25, 0.3) is 0 Å². The lowest BCUT2D eigenvalue weighted by molar-refractivity contribution is 0.140. The second-order valence-electron chi connectivity index (χ2n) is 5.08. The van der Waals surface area contributed by atoms with Crippen LogP contribution < -0.4 is 9.47 Å². The van der Waals surface area contributed by atoms with Gasteiger partial charge >= 0.3 is 0 Å².